The molecule has 3 aromatic rings. The van der Waals surface area contributed by atoms with Crippen molar-refractivity contribution in [2.75, 3.05) is 31.1 Å². The molecule has 27 heavy (non-hydrogen) atoms. The van der Waals surface area contributed by atoms with Crippen molar-refractivity contribution in [3.05, 3.63) is 84.1 Å². The standard InChI is InChI=1S/C23H23N3O/c27-18-19-9-10-22(20-6-2-1-3-7-20)21(16-19)17-25-12-14-26(15-13-25)23-8-4-5-11-24-23/h1-11,16,18H,12-15,17H2. The minimum Gasteiger partial charge on any atom is -0.354 e. The highest BCUT2D eigenvalue weighted by Gasteiger charge is 2.19. The van der Waals surface area contributed by atoms with Gasteiger partial charge >= 0.3 is 0 Å². The third kappa shape index (κ3) is 4.07. The summed E-state index contributed by atoms with van der Waals surface area (Å²) < 4.78 is 0. The zero-order valence-corrected chi connectivity index (χ0v) is 15.3. The number of rotatable bonds is 5. The molecule has 4 rings (SSSR count). The Kier molecular flexibility index (Phi) is 5.26. The number of carbonyl (C=O) groups excluding carboxylic acids is 1. The monoisotopic (exact) mass is 357 g/mol. The quantitative estimate of drug-likeness (QED) is 0.649. The molecule has 1 saturated heterocycles. The molecule has 1 aliphatic heterocycles. The molecule has 1 fully saturated rings. The predicted molar refractivity (Wildman–Crippen MR) is 109 cm³/mol. The maximum absolute atomic E-state index is 11.3. The van der Waals surface area contributed by atoms with E-state index in [0.717, 1.165) is 50.4 Å². The third-order valence-corrected chi connectivity index (χ3v) is 5.09. The average Bonchev–Trinajstić information content (AvgIpc) is 2.75. The molecular weight excluding hydrogens is 334 g/mol. The maximum atomic E-state index is 11.3. The molecule has 0 atom stereocenters. The lowest BCUT2D eigenvalue weighted by Crippen LogP contribution is -2.46. The van der Waals surface area contributed by atoms with Crippen LogP contribution in [0.25, 0.3) is 11.1 Å². The van der Waals surface area contributed by atoms with Crippen molar-refractivity contribution in [1.29, 1.82) is 0 Å². The summed E-state index contributed by atoms with van der Waals surface area (Å²) in [4.78, 5) is 20.5. The normalized spacial score (nSPS) is 14.9. The van der Waals surface area contributed by atoms with Crippen molar-refractivity contribution < 1.29 is 4.79 Å². The molecule has 0 bridgehead atoms. The van der Waals surface area contributed by atoms with Crippen molar-refractivity contribution in [1.82, 2.24) is 9.88 Å². The van der Waals surface area contributed by atoms with Crippen LogP contribution in [0.4, 0.5) is 5.82 Å². The fourth-order valence-corrected chi connectivity index (χ4v) is 3.63. The van der Waals surface area contributed by atoms with Gasteiger partial charge in [-0.25, -0.2) is 4.98 Å². The van der Waals surface area contributed by atoms with E-state index in [1.165, 1.54) is 16.7 Å². The highest BCUT2D eigenvalue weighted by Crippen LogP contribution is 2.26. The summed E-state index contributed by atoms with van der Waals surface area (Å²) in [6.07, 6.45) is 2.77. The van der Waals surface area contributed by atoms with Gasteiger partial charge in [0.05, 0.1) is 0 Å². The SMILES string of the molecule is O=Cc1ccc(-c2ccccc2)c(CN2CCN(c3ccccn3)CC2)c1. The number of aldehydes is 1. The van der Waals surface area contributed by atoms with Crippen LogP contribution in [-0.2, 0) is 6.54 Å². The summed E-state index contributed by atoms with van der Waals surface area (Å²) in [6.45, 7) is 4.74. The Morgan fingerprint density at radius 2 is 1.67 bits per heavy atom. The van der Waals surface area contributed by atoms with Gasteiger partial charge in [0, 0.05) is 44.5 Å². The van der Waals surface area contributed by atoms with Crippen molar-refractivity contribution in [2.24, 2.45) is 0 Å². The smallest absolute Gasteiger partial charge is 0.150 e. The molecular formula is C23H23N3O. The number of piperazine rings is 1. The summed E-state index contributed by atoms with van der Waals surface area (Å²) >= 11 is 0. The van der Waals surface area contributed by atoms with E-state index in [9.17, 15) is 4.79 Å². The Hall–Kier alpha value is -2.98. The first-order valence-electron chi connectivity index (χ1n) is 9.35. The van der Waals surface area contributed by atoms with Gasteiger partial charge in [0.15, 0.2) is 0 Å². The summed E-state index contributed by atoms with van der Waals surface area (Å²) in [5, 5.41) is 0. The van der Waals surface area contributed by atoms with Crippen LogP contribution in [0.1, 0.15) is 15.9 Å². The zero-order chi connectivity index (χ0) is 18.5. The van der Waals surface area contributed by atoms with Crippen LogP contribution in [0.15, 0.2) is 72.9 Å². The minimum atomic E-state index is 0.733. The molecule has 2 aromatic carbocycles. The zero-order valence-electron chi connectivity index (χ0n) is 15.3. The van der Waals surface area contributed by atoms with E-state index >= 15 is 0 Å². The van der Waals surface area contributed by atoms with Crippen molar-refractivity contribution in [3.8, 4) is 11.1 Å². The molecule has 0 radical (unpaired) electrons. The van der Waals surface area contributed by atoms with E-state index < -0.39 is 0 Å². The van der Waals surface area contributed by atoms with E-state index in [4.69, 9.17) is 0 Å². The second kappa shape index (κ2) is 8.14. The predicted octanol–water partition coefficient (Wildman–Crippen LogP) is 3.88. The van der Waals surface area contributed by atoms with Crippen LogP contribution >= 0.6 is 0 Å². The molecule has 0 spiro atoms. The number of benzene rings is 2. The number of nitrogens with zero attached hydrogens (tertiary/aromatic N) is 3. The van der Waals surface area contributed by atoms with E-state index in [1.807, 2.05) is 36.5 Å². The van der Waals surface area contributed by atoms with E-state index in [2.05, 4.69) is 51.2 Å². The molecule has 1 aromatic heterocycles. The third-order valence-electron chi connectivity index (χ3n) is 5.09. The molecule has 2 heterocycles. The van der Waals surface area contributed by atoms with Crippen LogP contribution < -0.4 is 4.90 Å². The molecule has 4 heteroatoms. The van der Waals surface area contributed by atoms with E-state index in [-0.39, 0.29) is 0 Å². The summed E-state index contributed by atoms with van der Waals surface area (Å²) in [6, 6.07) is 22.4. The molecule has 0 aliphatic carbocycles. The Bertz CT molecular complexity index is 888. The molecule has 0 amide bonds. The molecule has 4 nitrogen and oxygen atoms in total. The van der Waals surface area contributed by atoms with Crippen molar-refractivity contribution in [3.63, 3.8) is 0 Å². The van der Waals surface area contributed by atoms with Gasteiger partial charge in [-0.1, -0.05) is 48.5 Å². The summed E-state index contributed by atoms with van der Waals surface area (Å²) in [5.74, 6) is 1.05. The number of carbonyl (C=O) groups is 1. The van der Waals surface area contributed by atoms with Crippen molar-refractivity contribution in [2.45, 2.75) is 6.54 Å². The molecule has 0 unspecified atom stereocenters. The first kappa shape index (κ1) is 17.4. The van der Waals surface area contributed by atoms with Gasteiger partial charge in [-0.05, 0) is 34.9 Å². The highest BCUT2D eigenvalue weighted by atomic mass is 16.1. The Labute approximate surface area is 160 Å². The van der Waals surface area contributed by atoms with Gasteiger partial charge in [-0.15, -0.1) is 0 Å². The van der Waals surface area contributed by atoms with Gasteiger partial charge in [-0.3, -0.25) is 9.69 Å². The van der Waals surface area contributed by atoms with Crippen LogP contribution in [0.3, 0.4) is 0 Å². The van der Waals surface area contributed by atoms with Gasteiger partial charge in [0.1, 0.15) is 12.1 Å². The van der Waals surface area contributed by atoms with Gasteiger partial charge < -0.3 is 4.90 Å². The molecule has 1 aliphatic rings. The second-order valence-corrected chi connectivity index (χ2v) is 6.85. The van der Waals surface area contributed by atoms with E-state index in [0.29, 0.717) is 0 Å². The summed E-state index contributed by atoms with van der Waals surface area (Å²) in [7, 11) is 0. The largest absolute Gasteiger partial charge is 0.354 e. The fourth-order valence-electron chi connectivity index (χ4n) is 3.63. The lowest BCUT2D eigenvalue weighted by molar-refractivity contribution is 0.112. The number of anilines is 1. The number of hydrogen-bond acceptors (Lipinski definition) is 4. The molecule has 0 N–H and O–H groups in total. The molecule has 0 saturated carbocycles. The van der Waals surface area contributed by atoms with Crippen LogP contribution in [0, 0.1) is 0 Å². The maximum Gasteiger partial charge on any atom is 0.150 e. The second-order valence-electron chi connectivity index (χ2n) is 6.85. The number of pyridine rings is 1. The van der Waals surface area contributed by atoms with Gasteiger partial charge in [-0.2, -0.15) is 0 Å². The van der Waals surface area contributed by atoms with Crippen LogP contribution in [0.2, 0.25) is 0 Å². The van der Waals surface area contributed by atoms with Crippen molar-refractivity contribution >= 4 is 12.1 Å². The first-order valence-corrected chi connectivity index (χ1v) is 9.35. The Balaban J connectivity index is 1.50. The van der Waals surface area contributed by atoms with Crippen LogP contribution in [0.5, 0.6) is 0 Å². The van der Waals surface area contributed by atoms with Gasteiger partial charge in [0.2, 0.25) is 0 Å². The molecule has 136 valence electrons. The fraction of sp³-hybridized carbons (Fsp3) is 0.217. The van der Waals surface area contributed by atoms with E-state index in [1.54, 1.807) is 0 Å². The van der Waals surface area contributed by atoms with Crippen LogP contribution in [-0.4, -0.2) is 42.3 Å². The highest BCUT2D eigenvalue weighted by molar-refractivity contribution is 5.78. The Morgan fingerprint density at radius 1 is 0.889 bits per heavy atom. The van der Waals surface area contributed by atoms with Gasteiger partial charge in [0.25, 0.3) is 0 Å². The average molecular weight is 357 g/mol. The first-order chi connectivity index (χ1) is 13.3. The number of hydrogen-bond donors (Lipinski definition) is 0. The topological polar surface area (TPSA) is 36.4 Å². The lowest BCUT2D eigenvalue weighted by atomic mass is 9.97. The summed E-state index contributed by atoms with van der Waals surface area (Å²) in [5.41, 5.74) is 4.33. The minimum absolute atomic E-state index is 0.733. The Morgan fingerprint density at radius 3 is 2.37 bits per heavy atom. The lowest BCUT2D eigenvalue weighted by Gasteiger charge is -2.35. The number of aromatic nitrogens is 1.